The summed E-state index contributed by atoms with van der Waals surface area (Å²) in [5.41, 5.74) is 0.350. The summed E-state index contributed by atoms with van der Waals surface area (Å²) in [7, 11) is -3.20. The number of sulfonamides is 1. The van der Waals surface area contributed by atoms with Gasteiger partial charge < -0.3 is 0 Å². The molecule has 1 rings (SSSR count). The molecule has 1 aromatic rings. The minimum absolute atomic E-state index is 0.0902. The second kappa shape index (κ2) is 4.85. The van der Waals surface area contributed by atoms with Crippen LogP contribution in [0.2, 0.25) is 0 Å². The van der Waals surface area contributed by atoms with E-state index in [-0.39, 0.29) is 5.75 Å². The van der Waals surface area contributed by atoms with Gasteiger partial charge in [-0.1, -0.05) is 28.1 Å². The smallest absolute Gasteiger partial charge is 0.212 e. The van der Waals surface area contributed by atoms with Crippen molar-refractivity contribution in [3.05, 3.63) is 34.3 Å². The highest BCUT2D eigenvalue weighted by Crippen LogP contribution is 2.22. The van der Waals surface area contributed by atoms with E-state index < -0.39 is 15.6 Å². The Labute approximate surface area is 105 Å². The molecule has 0 amide bonds. The monoisotopic (exact) mass is 305 g/mol. The second-order valence-electron chi connectivity index (χ2n) is 4.14. The minimum Gasteiger partial charge on any atom is -0.212 e. The molecule has 0 radical (unpaired) electrons. The van der Waals surface area contributed by atoms with Crippen LogP contribution in [0.15, 0.2) is 28.7 Å². The predicted octanol–water partition coefficient (Wildman–Crippen LogP) is 2.62. The molecule has 1 N–H and O–H groups in total. The van der Waals surface area contributed by atoms with Crippen LogP contribution in [-0.4, -0.2) is 14.2 Å². The Balaban J connectivity index is 2.98. The lowest BCUT2D eigenvalue weighted by molar-refractivity contribution is 0.472. The van der Waals surface area contributed by atoms with E-state index in [0.717, 1.165) is 10.0 Å². The normalized spacial score (nSPS) is 12.8. The third-order valence-electron chi connectivity index (χ3n) is 2.36. The van der Waals surface area contributed by atoms with E-state index in [1.165, 1.54) is 0 Å². The van der Waals surface area contributed by atoms with Crippen molar-refractivity contribution in [3.63, 3.8) is 0 Å². The summed E-state index contributed by atoms with van der Waals surface area (Å²) in [5, 5.41) is 0. The van der Waals surface area contributed by atoms with Gasteiger partial charge in [0.25, 0.3) is 0 Å². The van der Waals surface area contributed by atoms with Crippen molar-refractivity contribution >= 4 is 26.0 Å². The first-order valence-electron chi connectivity index (χ1n) is 5.04. The van der Waals surface area contributed by atoms with Crippen molar-refractivity contribution in [3.8, 4) is 0 Å². The Morgan fingerprint density at radius 3 is 2.19 bits per heavy atom. The summed E-state index contributed by atoms with van der Waals surface area (Å²) in [6.45, 7) is 5.33. The van der Waals surface area contributed by atoms with Gasteiger partial charge in [-0.15, -0.1) is 0 Å². The zero-order valence-electron chi connectivity index (χ0n) is 9.62. The molecule has 3 nitrogen and oxygen atoms in total. The molecule has 0 saturated carbocycles. The van der Waals surface area contributed by atoms with Gasteiger partial charge in [-0.2, -0.15) is 0 Å². The maximum Gasteiger partial charge on any atom is 0.212 e. The maximum atomic E-state index is 11.5. The Morgan fingerprint density at radius 2 is 1.75 bits per heavy atom. The molecule has 0 heterocycles. The molecule has 1 aromatic carbocycles. The largest absolute Gasteiger partial charge is 0.212 e. The predicted molar refractivity (Wildman–Crippen MR) is 69.8 cm³/mol. The molecule has 0 fully saturated rings. The average Bonchev–Trinajstić information content (AvgIpc) is 2.17. The summed E-state index contributed by atoms with van der Waals surface area (Å²) >= 11 is 3.35. The summed E-state index contributed by atoms with van der Waals surface area (Å²) in [6, 6.07) is 7.61. The van der Waals surface area contributed by atoms with Gasteiger partial charge in [0.1, 0.15) is 0 Å². The molecule has 90 valence electrons. The molecule has 0 aliphatic heterocycles. The van der Waals surface area contributed by atoms with E-state index in [9.17, 15) is 8.42 Å². The summed E-state index contributed by atoms with van der Waals surface area (Å²) in [4.78, 5) is 0. The SMILES string of the molecule is CCS(=O)(=O)NC(C)(C)c1ccc(Br)cc1. The lowest BCUT2D eigenvalue weighted by Crippen LogP contribution is -2.41. The van der Waals surface area contributed by atoms with Gasteiger partial charge in [-0.3, -0.25) is 0 Å². The van der Waals surface area contributed by atoms with Crippen LogP contribution in [0.3, 0.4) is 0 Å². The van der Waals surface area contributed by atoms with Gasteiger partial charge in [0, 0.05) is 4.47 Å². The van der Waals surface area contributed by atoms with Crippen LogP contribution in [0.5, 0.6) is 0 Å². The topological polar surface area (TPSA) is 46.2 Å². The van der Waals surface area contributed by atoms with Crippen molar-refractivity contribution in [1.29, 1.82) is 0 Å². The van der Waals surface area contributed by atoms with Crippen molar-refractivity contribution in [2.45, 2.75) is 26.3 Å². The second-order valence-corrected chi connectivity index (χ2v) is 7.06. The number of hydrogen-bond donors (Lipinski definition) is 1. The Morgan fingerprint density at radius 1 is 1.25 bits per heavy atom. The fraction of sp³-hybridized carbons (Fsp3) is 0.455. The van der Waals surface area contributed by atoms with Crippen molar-refractivity contribution < 1.29 is 8.42 Å². The Hall–Kier alpha value is -0.390. The van der Waals surface area contributed by atoms with Crippen LogP contribution in [0, 0.1) is 0 Å². The van der Waals surface area contributed by atoms with Crippen LogP contribution in [0.25, 0.3) is 0 Å². The lowest BCUT2D eigenvalue weighted by Gasteiger charge is -2.26. The summed E-state index contributed by atoms with van der Waals surface area (Å²) < 4.78 is 26.7. The Kier molecular flexibility index (Phi) is 4.15. The van der Waals surface area contributed by atoms with E-state index in [0.29, 0.717) is 0 Å². The highest BCUT2D eigenvalue weighted by atomic mass is 79.9. The van der Waals surface area contributed by atoms with Gasteiger partial charge >= 0.3 is 0 Å². The van der Waals surface area contributed by atoms with Crippen molar-refractivity contribution in [1.82, 2.24) is 4.72 Å². The fourth-order valence-electron chi connectivity index (χ4n) is 1.39. The van der Waals surface area contributed by atoms with E-state index in [4.69, 9.17) is 0 Å². The van der Waals surface area contributed by atoms with Gasteiger partial charge in [0.05, 0.1) is 11.3 Å². The highest BCUT2D eigenvalue weighted by molar-refractivity contribution is 9.10. The molecule has 5 heteroatoms. The van der Waals surface area contributed by atoms with Crippen LogP contribution in [-0.2, 0) is 15.6 Å². The maximum absolute atomic E-state index is 11.5. The minimum atomic E-state index is -3.20. The summed E-state index contributed by atoms with van der Waals surface area (Å²) in [6.07, 6.45) is 0. The van der Waals surface area contributed by atoms with Crippen molar-refractivity contribution in [2.24, 2.45) is 0 Å². The lowest BCUT2D eigenvalue weighted by atomic mass is 9.96. The molecule has 0 aromatic heterocycles. The number of benzene rings is 1. The summed E-state index contributed by atoms with van der Waals surface area (Å²) in [5.74, 6) is 0.0902. The number of rotatable bonds is 4. The van der Waals surface area contributed by atoms with Gasteiger partial charge in [-0.05, 0) is 38.5 Å². The molecule has 0 atom stereocenters. The molecular weight excluding hydrogens is 290 g/mol. The first-order valence-corrected chi connectivity index (χ1v) is 7.49. The van der Waals surface area contributed by atoms with Crippen LogP contribution >= 0.6 is 15.9 Å². The quantitative estimate of drug-likeness (QED) is 0.929. The first-order chi connectivity index (χ1) is 7.27. The fourth-order valence-corrected chi connectivity index (χ4v) is 2.69. The van der Waals surface area contributed by atoms with Gasteiger partial charge in [0.2, 0.25) is 10.0 Å². The first kappa shape index (κ1) is 13.7. The number of halogens is 1. The third-order valence-corrected chi connectivity index (χ3v) is 4.47. The third kappa shape index (κ3) is 3.57. The molecule has 0 aliphatic rings. The van der Waals surface area contributed by atoms with Crippen LogP contribution in [0.1, 0.15) is 26.3 Å². The highest BCUT2D eigenvalue weighted by Gasteiger charge is 2.25. The zero-order valence-corrected chi connectivity index (χ0v) is 12.0. The molecule has 0 aliphatic carbocycles. The van der Waals surface area contributed by atoms with E-state index in [2.05, 4.69) is 20.7 Å². The standard InChI is InChI=1S/C11H16BrNO2S/c1-4-16(14,15)13-11(2,3)9-5-7-10(12)8-6-9/h5-8,13H,4H2,1-3H3. The van der Waals surface area contributed by atoms with E-state index in [1.807, 2.05) is 38.1 Å². The molecule has 0 bridgehead atoms. The average molecular weight is 306 g/mol. The van der Waals surface area contributed by atoms with Crippen molar-refractivity contribution in [2.75, 3.05) is 5.75 Å². The molecule has 16 heavy (non-hydrogen) atoms. The zero-order chi connectivity index (χ0) is 12.4. The van der Waals surface area contributed by atoms with Crippen LogP contribution < -0.4 is 4.72 Å². The van der Waals surface area contributed by atoms with Crippen LogP contribution in [0.4, 0.5) is 0 Å². The molecule has 0 unspecified atom stereocenters. The molecule has 0 saturated heterocycles. The van der Waals surface area contributed by atoms with E-state index in [1.54, 1.807) is 6.92 Å². The Bertz CT molecular complexity index is 451. The van der Waals surface area contributed by atoms with Gasteiger partial charge in [-0.25, -0.2) is 13.1 Å². The van der Waals surface area contributed by atoms with E-state index >= 15 is 0 Å². The van der Waals surface area contributed by atoms with Gasteiger partial charge in [0.15, 0.2) is 0 Å². The molecule has 0 spiro atoms. The number of hydrogen-bond acceptors (Lipinski definition) is 2. The molecular formula is C11H16BrNO2S. The number of nitrogens with one attached hydrogen (secondary N) is 1.